The molecule has 0 spiro atoms. The second-order valence-electron chi connectivity index (χ2n) is 13.1. The van der Waals surface area contributed by atoms with Crippen molar-refractivity contribution in [3.63, 3.8) is 0 Å². The molecule has 0 aliphatic heterocycles. The molecule has 0 atom stereocenters. The molecule has 0 aliphatic rings. The van der Waals surface area contributed by atoms with Crippen LogP contribution in [0.5, 0.6) is 11.5 Å². The number of carbonyl (C=O) groups is 1. The van der Waals surface area contributed by atoms with Crippen LogP contribution in [0.1, 0.15) is 6.92 Å². The van der Waals surface area contributed by atoms with Crippen LogP contribution >= 0.6 is 0 Å². The second-order valence-corrected chi connectivity index (χ2v) is 21.6. The highest BCUT2D eigenvalue weighted by atomic mass is 32.2. The quantitative estimate of drug-likeness (QED) is 0.0440. The van der Waals surface area contributed by atoms with Gasteiger partial charge in [-0.05, 0) is 24.3 Å². The number of carbonyl (C=O) groups excluding carboxylic acids is 1. The molecule has 8 aromatic carbocycles. The molecule has 312 valence electrons. The predicted octanol–water partition coefficient (Wildman–Crippen LogP) is 4.41. The Kier molecular flexibility index (Phi) is 8.83. The fourth-order valence-electron chi connectivity index (χ4n) is 7.48. The highest BCUT2D eigenvalue weighted by molar-refractivity contribution is 7.88. The number of ether oxygens (including phenoxy) is 1. The summed E-state index contributed by atoms with van der Waals surface area (Å²) < 4.78 is 216. The van der Waals surface area contributed by atoms with Gasteiger partial charge in [0, 0.05) is 83.7 Å². The van der Waals surface area contributed by atoms with Gasteiger partial charge in [0.25, 0.3) is 50.6 Å². The van der Waals surface area contributed by atoms with Gasteiger partial charge in [-0.25, -0.2) is 0 Å². The van der Waals surface area contributed by atoms with Crippen LogP contribution in [0, 0.1) is 0 Å². The van der Waals surface area contributed by atoms with Crippen LogP contribution in [0.15, 0.2) is 102 Å². The van der Waals surface area contributed by atoms with Crippen molar-refractivity contribution < 1.29 is 87.0 Å². The summed E-state index contributed by atoms with van der Waals surface area (Å²) in [7, 11) is -32.0. The van der Waals surface area contributed by atoms with Crippen LogP contribution < -0.4 is 8.92 Å². The van der Waals surface area contributed by atoms with Gasteiger partial charge < -0.3 is 8.92 Å². The molecular formula is C34H20O20S6. The zero-order chi connectivity index (χ0) is 44.0. The average Bonchev–Trinajstić information content (AvgIpc) is 3.10. The van der Waals surface area contributed by atoms with Crippen LogP contribution in [0.3, 0.4) is 0 Å². The van der Waals surface area contributed by atoms with Crippen molar-refractivity contribution in [3.8, 4) is 11.5 Å². The minimum Gasteiger partial charge on any atom is -0.426 e. The molecule has 26 heteroatoms. The summed E-state index contributed by atoms with van der Waals surface area (Å²) in [5.74, 6) is -2.48. The fourth-order valence-corrected chi connectivity index (χ4v) is 12.3. The molecule has 0 radical (unpaired) electrons. The van der Waals surface area contributed by atoms with Crippen molar-refractivity contribution in [2.75, 3.05) is 0 Å². The zero-order valence-electron chi connectivity index (χ0n) is 29.2. The van der Waals surface area contributed by atoms with E-state index in [4.69, 9.17) is 8.92 Å². The number of hydrogen-bond acceptors (Lipinski definition) is 15. The molecule has 0 unspecified atom stereocenters. The summed E-state index contributed by atoms with van der Waals surface area (Å²) in [6.07, 6.45) is 0. The molecule has 8 rings (SSSR count). The summed E-state index contributed by atoms with van der Waals surface area (Å²) in [6.45, 7) is 0.929. The van der Waals surface area contributed by atoms with Gasteiger partial charge in [-0.1, -0.05) is 36.4 Å². The van der Waals surface area contributed by atoms with Crippen molar-refractivity contribution in [2.24, 2.45) is 0 Å². The summed E-state index contributed by atoms with van der Waals surface area (Å²) >= 11 is 0. The molecule has 0 fully saturated rings. The van der Waals surface area contributed by atoms with E-state index in [2.05, 4.69) is 0 Å². The Bertz CT molecular complexity index is 3890. The lowest BCUT2D eigenvalue weighted by atomic mass is 9.93. The number of benzene rings is 8. The number of hydrogen-bond donors (Lipinski definition) is 5. The first-order valence-corrected chi connectivity index (χ1v) is 24.7. The lowest BCUT2D eigenvalue weighted by molar-refractivity contribution is -0.131. The van der Waals surface area contributed by atoms with Gasteiger partial charge in [-0.2, -0.15) is 50.5 Å². The van der Waals surface area contributed by atoms with E-state index in [9.17, 15) is 78.1 Å². The van der Waals surface area contributed by atoms with E-state index in [1.807, 2.05) is 0 Å². The average molecular weight is 941 g/mol. The maximum absolute atomic E-state index is 14.6. The van der Waals surface area contributed by atoms with Gasteiger partial charge in [0.1, 0.15) is 35.1 Å². The SMILES string of the molecule is CC(=O)Oc1cc(S(=O)(=O)Oc2cc(S(=O)(=O)O)c3ccc4c(S(=O)(=O)O)cc(S(=O)(=O)O)c5ccc2c3c54)c2ccc3c(S(=O)(=O)O)cc(S(=O)(=O)O)c4ccc1c2c43. The maximum atomic E-state index is 14.6. The Morgan fingerprint density at radius 1 is 0.383 bits per heavy atom. The van der Waals surface area contributed by atoms with E-state index in [1.165, 1.54) is 0 Å². The molecule has 0 aromatic heterocycles. The van der Waals surface area contributed by atoms with Crippen molar-refractivity contribution in [1.29, 1.82) is 0 Å². The molecule has 0 saturated heterocycles. The summed E-state index contributed by atoms with van der Waals surface area (Å²) in [6, 6.07) is 10.4. The predicted molar refractivity (Wildman–Crippen MR) is 208 cm³/mol. The molecule has 0 heterocycles. The van der Waals surface area contributed by atoms with Crippen LogP contribution in [0.4, 0.5) is 0 Å². The monoisotopic (exact) mass is 940 g/mol. The third-order valence-corrected chi connectivity index (χ3v) is 15.3. The Labute approximate surface area is 337 Å². The standard InChI is InChI=1S/C34H20O20S6/c1-14(35)53-23-10-30(22-9-8-21-29(59(48,49)50)12-26(56(39,40)41)18-4-2-15(23)31(22)33(18)21)60(51,52)54-24-11-25(55(36,37)38)17-6-7-20-28(58(45,46)47)13-27(57(42,43)44)19-5-3-16(24)32(17)34(19)20/h2-13H,1H3,(H,36,37,38)(H,39,40,41)(H,42,43,44)(H,45,46,47)(H,48,49,50). The highest BCUT2D eigenvalue weighted by Gasteiger charge is 2.33. The maximum Gasteiger partial charge on any atom is 0.339 e. The molecule has 0 aliphatic carbocycles. The van der Waals surface area contributed by atoms with Gasteiger partial charge in [-0.3, -0.25) is 27.6 Å². The molecule has 0 saturated carbocycles. The van der Waals surface area contributed by atoms with Crippen molar-refractivity contribution in [2.45, 2.75) is 36.3 Å². The minimum absolute atomic E-state index is 0.133. The van der Waals surface area contributed by atoms with Crippen molar-refractivity contribution in [3.05, 3.63) is 72.8 Å². The Hall–Kier alpha value is -5.39. The molecule has 60 heavy (non-hydrogen) atoms. The van der Waals surface area contributed by atoms with E-state index in [0.717, 1.165) is 61.5 Å². The van der Waals surface area contributed by atoms with Crippen molar-refractivity contribution in [1.82, 2.24) is 0 Å². The molecule has 5 N–H and O–H groups in total. The smallest absolute Gasteiger partial charge is 0.339 e. The van der Waals surface area contributed by atoms with Gasteiger partial charge >= 0.3 is 16.1 Å². The highest BCUT2D eigenvalue weighted by Crippen LogP contribution is 2.48. The topological polar surface area (TPSA) is 342 Å². The first-order chi connectivity index (χ1) is 27.5. The lowest BCUT2D eigenvalue weighted by Crippen LogP contribution is -2.13. The summed E-state index contributed by atoms with van der Waals surface area (Å²) in [4.78, 5) is 6.10. The van der Waals surface area contributed by atoms with E-state index in [1.54, 1.807) is 0 Å². The normalized spacial score (nSPS) is 13.7. The summed E-state index contributed by atoms with van der Waals surface area (Å²) in [5, 5.41) is -4.66. The van der Waals surface area contributed by atoms with E-state index in [-0.39, 0.29) is 32.3 Å². The van der Waals surface area contributed by atoms with Crippen LogP contribution in [-0.2, 0) is 65.5 Å². The van der Waals surface area contributed by atoms with Crippen LogP contribution in [0.25, 0.3) is 64.6 Å². The molecule has 0 amide bonds. The second kappa shape index (κ2) is 12.8. The van der Waals surface area contributed by atoms with Crippen LogP contribution in [-0.4, -0.2) is 79.2 Å². The Morgan fingerprint density at radius 2 is 0.633 bits per heavy atom. The lowest BCUT2D eigenvalue weighted by Gasteiger charge is -2.20. The molecule has 8 aromatic rings. The number of esters is 1. The zero-order valence-corrected chi connectivity index (χ0v) is 34.1. The third kappa shape index (κ3) is 6.43. The van der Waals surface area contributed by atoms with Gasteiger partial charge in [-0.15, -0.1) is 0 Å². The minimum atomic E-state index is -5.44. The van der Waals surface area contributed by atoms with Crippen LogP contribution in [0.2, 0.25) is 0 Å². The summed E-state index contributed by atoms with van der Waals surface area (Å²) in [5.41, 5.74) is 0. The van der Waals surface area contributed by atoms with E-state index in [0.29, 0.717) is 18.2 Å². The van der Waals surface area contributed by atoms with Gasteiger partial charge in [0.05, 0.1) is 0 Å². The first-order valence-electron chi connectivity index (χ1n) is 16.1. The number of rotatable bonds is 9. The van der Waals surface area contributed by atoms with Gasteiger partial charge in [0.2, 0.25) is 0 Å². The third-order valence-electron chi connectivity index (χ3n) is 9.61. The van der Waals surface area contributed by atoms with Gasteiger partial charge in [0.15, 0.2) is 5.75 Å². The van der Waals surface area contributed by atoms with E-state index < -0.39 is 140 Å². The fraction of sp³-hybridized carbons (Fsp3) is 0.0294. The Morgan fingerprint density at radius 3 is 0.950 bits per heavy atom. The molecule has 20 nitrogen and oxygen atoms in total. The molecule has 0 bridgehead atoms. The largest absolute Gasteiger partial charge is 0.426 e. The molecular weight excluding hydrogens is 921 g/mol. The van der Waals surface area contributed by atoms with E-state index >= 15 is 0 Å². The first kappa shape index (κ1) is 41.3. The Balaban J connectivity index is 1.50. The van der Waals surface area contributed by atoms with Crippen molar-refractivity contribution >= 4 is 131 Å².